The molecule has 5 nitrogen and oxygen atoms in total. The average Bonchev–Trinajstić information content (AvgIpc) is 2.47. The van der Waals surface area contributed by atoms with E-state index in [0.717, 1.165) is 0 Å². The molecular formula is C8H12N2O3. The molecule has 2 N–H and O–H groups in total. The van der Waals surface area contributed by atoms with Gasteiger partial charge in [0.15, 0.2) is 0 Å². The Labute approximate surface area is 75.9 Å². The first kappa shape index (κ1) is 9.76. The van der Waals surface area contributed by atoms with Gasteiger partial charge < -0.3 is 9.52 Å². The van der Waals surface area contributed by atoms with E-state index in [1.165, 1.54) is 6.26 Å². The molecule has 72 valence electrons. The minimum absolute atomic E-state index is 0.00523. The Hall–Kier alpha value is -1.33. The van der Waals surface area contributed by atoms with Crippen molar-refractivity contribution in [1.82, 2.24) is 10.4 Å². The molecule has 0 saturated carbocycles. The zero-order chi connectivity index (χ0) is 9.84. The van der Waals surface area contributed by atoms with E-state index in [2.05, 4.69) is 5.43 Å². The van der Waals surface area contributed by atoms with Crippen molar-refractivity contribution in [2.45, 2.75) is 6.54 Å². The molecule has 0 bridgehead atoms. The third-order valence-electron chi connectivity index (χ3n) is 1.53. The van der Waals surface area contributed by atoms with Gasteiger partial charge in [0.1, 0.15) is 0 Å². The number of hydrazine groups is 1. The number of carboxylic acid groups (broad SMARTS) is 1. The number of hydrogen-bond acceptors (Lipinski definition) is 4. The van der Waals surface area contributed by atoms with Crippen LogP contribution >= 0.6 is 0 Å². The number of nitrogens with one attached hydrogen (secondary N) is 1. The molecule has 0 fully saturated rings. The molecule has 0 aliphatic rings. The van der Waals surface area contributed by atoms with E-state index < -0.39 is 5.97 Å². The first-order valence-electron chi connectivity index (χ1n) is 3.81. The van der Waals surface area contributed by atoms with E-state index in [-0.39, 0.29) is 5.76 Å². The molecule has 0 atom stereocenters. The molecule has 0 radical (unpaired) electrons. The second-order valence-electron chi connectivity index (χ2n) is 2.81. The fourth-order valence-corrected chi connectivity index (χ4v) is 0.906. The Morgan fingerprint density at radius 3 is 2.92 bits per heavy atom. The molecule has 0 aliphatic carbocycles. The van der Waals surface area contributed by atoms with Crippen LogP contribution in [0.15, 0.2) is 16.7 Å². The number of aromatic carboxylic acids is 1. The highest BCUT2D eigenvalue weighted by Crippen LogP contribution is 2.09. The van der Waals surface area contributed by atoms with Gasteiger partial charge in [0, 0.05) is 26.2 Å². The third kappa shape index (κ3) is 2.57. The van der Waals surface area contributed by atoms with Crippen molar-refractivity contribution in [2.75, 3.05) is 14.1 Å². The van der Waals surface area contributed by atoms with Crippen molar-refractivity contribution >= 4 is 5.97 Å². The van der Waals surface area contributed by atoms with Crippen LogP contribution in [0.5, 0.6) is 0 Å². The van der Waals surface area contributed by atoms with Crippen LogP contribution in [0.25, 0.3) is 0 Å². The van der Waals surface area contributed by atoms with Gasteiger partial charge >= 0.3 is 5.97 Å². The lowest BCUT2D eigenvalue weighted by atomic mass is 10.2. The van der Waals surface area contributed by atoms with Gasteiger partial charge in [-0.25, -0.2) is 4.79 Å². The lowest BCUT2D eigenvalue weighted by Crippen LogP contribution is -2.29. The van der Waals surface area contributed by atoms with Gasteiger partial charge in [0.05, 0.1) is 6.26 Å². The normalized spacial score (nSPS) is 10.7. The van der Waals surface area contributed by atoms with Gasteiger partial charge in [-0.15, -0.1) is 0 Å². The summed E-state index contributed by atoms with van der Waals surface area (Å²) < 4.78 is 4.80. The molecule has 1 aromatic heterocycles. The zero-order valence-corrected chi connectivity index (χ0v) is 7.57. The summed E-state index contributed by atoms with van der Waals surface area (Å²) in [5, 5.41) is 10.4. The van der Waals surface area contributed by atoms with Crippen LogP contribution in [0.1, 0.15) is 16.1 Å². The molecular weight excluding hydrogens is 172 g/mol. The van der Waals surface area contributed by atoms with Crippen molar-refractivity contribution in [3.63, 3.8) is 0 Å². The second kappa shape index (κ2) is 4.06. The monoisotopic (exact) mass is 184 g/mol. The number of hydrogen-bond donors (Lipinski definition) is 2. The number of furan rings is 1. The largest absolute Gasteiger partial charge is 0.475 e. The van der Waals surface area contributed by atoms with Crippen LogP contribution in [0.4, 0.5) is 0 Å². The van der Waals surface area contributed by atoms with E-state index in [4.69, 9.17) is 9.52 Å². The van der Waals surface area contributed by atoms with Crippen LogP contribution in [0.2, 0.25) is 0 Å². The van der Waals surface area contributed by atoms with Crippen molar-refractivity contribution in [3.8, 4) is 0 Å². The summed E-state index contributed by atoms with van der Waals surface area (Å²) in [6, 6.07) is 1.64. The zero-order valence-electron chi connectivity index (χ0n) is 7.57. The molecule has 1 heterocycles. The molecule has 0 unspecified atom stereocenters. The Bertz CT molecular complexity index is 293. The van der Waals surface area contributed by atoms with E-state index in [9.17, 15) is 4.79 Å². The van der Waals surface area contributed by atoms with E-state index in [0.29, 0.717) is 12.1 Å². The van der Waals surface area contributed by atoms with Gasteiger partial charge in [-0.1, -0.05) is 0 Å². The quantitative estimate of drug-likeness (QED) is 0.669. The van der Waals surface area contributed by atoms with Crippen molar-refractivity contribution < 1.29 is 14.3 Å². The molecule has 0 aliphatic heterocycles. The number of carbonyl (C=O) groups is 1. The van der Waals surface area contributed by atoms with Gasteiger partial charge in [0.25, 0.3) is 0 Å². The minimum atomic E-state index is -1.04. The molecule has 0 saturated heterocycles. The summed E-state index contributed by atoms with van der Waals surface area (Å²) in [4.78, 5) is 10.6. The molecule has 1 rings (SSSR count). The standard InChI is InChI=1S/C8H12N2O3/c1-10(2)9-5-6-3-4-13-7(6)8(11)12/h3-4,9H,5H2,1-2H3,(H,11,12). The minimum Gasteiger partial charge on any atom is -0.475 e. The molecule has 13 heavy (non-hydrogen) atoms. The summed E-state index contributed by atoms with van der Waals surface area (Å²) in [6.07, 6.45) is 1.37. The molecule has 0 amide bonds. The maximum absolute atomic E-state index is 10.6. The van der Waals surface area contributed by atoms with Crippen LogP contribution in [0.3, 0.4) is 0 Å². The highest BCUT2D eigenvalue weighted by Gasteiger charge is 2.12. The van der Waals surface area contributed by atoms with E-state index in [1.54, 1.807) is 11.1 Å². The maximum atomic E-state index is 10.6. The third-order valence-corrected chi connectivity index (χ3v) is 1.53. The SMILES string of the molecule is CN(C)NCc1ccoc1C(=O)O. The Balaban J connectivity index is 2.65. The summed E-state index contributed by atoms with van der Waals surface area (Å²) in [5.74, 6) is -1.05. The van der Waals surface area contributed by atoms with E-state index in [1.807, 2.05) is 14.1 Å². The van der Waals surface area contributed by atoms with Crippen molar-refractivity contribution in [3.05, 3.63) is 23.7 Å². The lowest BCUT2D eigenvalue weighted by molar-refractivity contribution is 0.0660. The van der Waals surface area contributed by atoms with Crippen LogP contribution in [-0.4, -0.2) is 30.2 Å². The Morgan fingerprint density at radius 1 is 1.69 bits per heavy atom. The number of rotatable bonds is 4. The molecule has 5 heteroatoms. The van der Waals surface area contributed by atoms with Gasteiger partial charge in [-0.05, 0) is 6.07 Å². The molecule has 0 aromatic carbocycles. The van der Waals surface area contributed by atoms with Crippen LogP contribution in [0, 0.1) is 0 Å². The van der Waals surface area contributed by atoms with Gasteiger partial charge in [0.2, 0.25) is 5.76 Å². The van der Waals surface area contributed by atoms with Gasteiger partial charge in [-0.2, -0.15) is 0 Å². The average molecular weight is 184 g/mol. The van der Waals surface area contributed by atoms with E-state index >= 15 is 0 Å². The smallest absolute Gasteiger partial charge is 0.372 e. The summed E-state index contributed by atoms with van der Waals surface area (Å²) in [5.41, 5.74) is 3.59. The van der Waals surface area contributed by atoms with Crippen molar-refractivity contribution in [2.24, 2.45) is 0 Å². The predicted molar refractivity (Wildman–Crippen MR) is 46.2 cm³/mol. The first-order chi connectivity index (χ1) is 6.11. The fourth-order valence-electron chi connectivity index (χ4n) is 0.906. The second-order valence-corrected chi connectivity index (χ2v) is 2.81. The molecule has 0 spiro atoms. The number of nitrogens with zero attached hydrogens (tertiary/aromatic N) is 1. The van der Waals surface area contributed by atoms with Gasteiger partial charge in [-0.3, -0.25) is 10.4 Å². The van der Waals surface area contributed by atoms with Crippen LogP contribution < -0.4 is 5.43 Å². The van der Waals surface area contributed by atoms with Crippen LogP contribution in [-0.2, 0) is 6.54 Å². The highest BCUT2D eigenvalue weighted by atomic mass is 16.4. The molecule has 1 aromatic rings. The topological polar surface area (TPSA) is 65.7 Å². The summed E-state index contributed by atoms with van der Waals surface area (Å²) >= 11 is 0. The first-order valence-corrected chi connectivity index (χ1v) is 3.81. The number of carboxylic acids is 1. The highest BCUT2D eigenvalue weighted by molar-refractivity contribution is 5.86. The predicted octanol–water partition coefficient (Wildman–Crippen LogP) is 0.544. The van der Waals surface area contributed by atoms with Crippen molar-refractivity contribution in [1.29, 1.82) is 0 Å². The fraction of sp³-hybridized carbons (Fsp3) is 0.375. The lowest BCUT2D eigenvalue weighted by Gasteiger charge is -2.10. The Morgan fingerprint density at radius 2 is 2.38 bits per heavy atom. The maximum Gasteiger partial charge on any atom is 0.372 e. The summed E-state index contributed by atoms with van der Waals surface area (Å²) in [7, 11) is 3.67. The Kier molecular flexibility index (Phi) is 3.05. The summed E-state index contributed by atoms with van der Waals surface area (Å²) in [6.45, 7) is 0.450.